The van der Waals surface area contributed by atoms with Crippen LogP contribution in [0.4, 0.5) is 10.1 Å². The number of amides is 1. The van der Waals surface area contributed by atoms with E-state index in [1.807, 2.05) is 6.07 Å². The molecule has 0 saturated carbocycles. The number of nitrogen functional groups attached to an aromatic ring is 1. The van der Waals surface area contributed by atoms with Gasteiger partial charge in [0.15, 0.2) is 0 Å². The van der Waals surface area contributed by atoms with Crippen molar-refractivity contribution < 1.29 is 9.18 Å². The Morgan fingerprint density at radius 3 is 2.55 bits per heavy atom. The minimum Gasteiger partial charge on any atom is -0.352 e. The number of hydrazine groups is 1. The van der Waals surface area contributed by atoms with Crippen LogP contribution in [-0.2, 0) is 6.42 Å². The van der Waals surface area contributed by atoms with E-state index in [9.17, 15) is 9.18 Å². The summed E-state index contributed by atoms with van der Waals surface area (Å²) in [5.41, 5.74) is 4.65. The highest BCUT2D eigenvalue weighted by Gasteiger charge is 2.04. The predicted octanol–water partition coefficient (Wildman–Crippen LogP) is 2.08. The van der Waals surface area contributed by atoms with E-state index in [0.717, 1.165) is 11.3 Å². The summed E-state index contributed by atoms with van der Waals surface area (Å²) in [6.45, 7) is 0.458. The van der Waals surface area contributed by atoms with Gasteiger partial charge in [-0.05, 0) is 48.4 Å². The van der Waals surface area contributed by atoms with Crippen LogP contribution in [0, 0.1) is 5.82 Å². The standard InChI is InChI=1S/C15H16FN3O/c16-13-3-1-2-11(10-13)8-9-18-15(20)12-4-6-14(19-17)7-5-12/h1-7,10,19H,8-9,17H2,(H,18,20). The van der Waals surface area contributed by atoms with Crippen LogP contribution in [0.3, 0.4) is 0 Å². The molecule has 0 aromatic heterocycles. The van der Waals surface area contributed by atoms with Crippen molar-refractivity contribution in [1.82, 2.24) is 5.32 Å². The average Bonchev–Trinajstić information content (AvgIpc) is 2.47. The average molecular weight is 273 g/mol. The van der Waals surface area contributed by atoms with E-state index in [2.05, 4.69) is 10.7 Å². The van der Waals surface area contributed by atoms with Crippen molar-refractivity contribution in [2.75, 3.05) is 12.0 Å². The van der Waals surface area contributed by atoms with E-state index >= 15 is 0 Å². The molecule has 20 heavy (non-hydrogen) atoms. The summed E-state index contributed by atoms with van der Waals surface area (Å²) in [7, 11) is 0. The van der Waals surface area contributed by atoms with Gasteiger partial charge in [0.1, 0.15) is 5.82 Å². The molecule has 0 aliphatic heterocycles. The molecule has 0 aliphatic carbocycles. The third kappa shape index (κ3) is 3.80. The van der Waals surface area contributed by atoms with Crippen molar-refractivity contribution in [2.45, 2.75) is 6.42 Å². The Morgan fingerprint density at radius 2 is 1.90 bits per heavy atom. The zero-order valence-electron chi connectivity index (χ0n) is 10.9. The number of halogens is 1. The van der Waals surface area contributed by atoms with Crippen molar-refractivity contribution in [2.24, 2.45) is 5.84 Å². The van der Waals surface area contributed by atoms with Gasteiger partial charge in [0.2, 0.25) is 0 Å². The molecule has 4 nitrogen and oxygen atoms in total. The van der Waals surface area contributed by atoms with Gasteiger partial charge in [-0.1, -0.05) is 12.1 Å². The number of nitrogens with two attached hydrogens (primary N) is 1. The molecule has 2 aromatic rings. The van der Waals surface area contributed by atoms with Crippen LogP contribution in [0.2, 0.25) is 0 Å². The van der Waals surface area contributed by atoms with Crippen LogP contribution >= 0.6 is 0 Å². The third-order valence-corrected chi connectivity index (χ3v) is 2.90. The van der Waals surface area contributed by atoms with Crippen molar-refractivity contribution in [3.63, 3.8) is 0 Å². The summed E-state index contributed by atoms with van der Waals surface area (Å²) in [6.07, 6.45) is 0.589. The molecule has 0 atom stereocenters. The van der Waals surface area contributed by atoms with Gasteiger partial charge in [0.05, 0.1) is 0 Å². The van der Waals surface area contributed by atoms with Crippen molar-refractivity contribution in [3.8, 4) is 0 Å². The fourth-order valence-electron chi connectivity index (χ4n) is 1.83. The molecule has 0 heterocycles. The molecule has 1 amide bonds. The number of hydrogen-bond acceptors (Lipinski definition) is 3. The zero-order valence-corrected chi connectivity index (χ0v) is 10.9. The number of benzene rings is 2. The Kier molecular flexibility index (Phi) is 4.68. The highest BCUT2D eigenvalue weighted by atomic mass is 19.1. The lowest BCUT2D eigenvalue weighted by molar-refractivity contribution is 0.0954. The molecule has 0 saturated heterocycles. The second-order valence-corrected chi connectivity index (χ2v) is 4.36. The molecule has 2 aromatic carbocycles. The third-order valence-electron chi connectivity index (χ3n) is 2.90. The molecule has 0 unspecified atom stereocenters. The van der Waals surface area contributed by atoms with E-state index < -0.39 is 0 Å². The van der Waals surface area contributed by atoms with E-state index in [-0.39, 0.29) is 11.7 Å². The Hall–Kier alpha value is -2.40. The number of hydrogen-bond donors (Lipinski definition) is 3. The van der Waals surface area contributed by atoms with Gasteiger partial charge in [-0.3, -0.25) is 10.6 Å². The summed E-state index contributed by atoms with van der Waals surface area (Å²) < 4.78 is 13.0. The number of nitrogens with one attached hydrogen (secondary N) is 2. The van der Waals surface area contributed by atoms with Crippen molar-refractivity contribution >= 4 is 11.6 Å². The van der Waals surface area contributed by atoms with Crippen LogP contribution in [0.15, 0.2) is 48.5 Å². The van der Waals surface area contributed by atoms with Crippen LogP contribution in [0.5, 0.6) is 0 Å². The molecule has 0 fully saturated rings. The molecule has 104 valence electrons. The van der Waals surface area contributed by atoms with Crippen molar-refractivity contribution in [1.29, 1.82) is 0 Å². The zero-order chi connectivity index (χ0) is 14.4. The minimum atomic E-state index is -0.265. The molecule has 4 N–H and O–H groups in total. The lowest BCUT2D eigenvalue weighted by Crippen LogP contribution is -2.25. The molecular weight excluding hydrogens is 257 g/mol. The maximum absolute atomic E-state index is 13.0. The second kappa shape index (κ2) is 6.68. The van der Waals surface area contributed by atoms with Crippen LogP contribution in [0.25, 0.3) is 0 Å². The first-order valence-electron chi connectivity index (χ1n) is 6.28. The summed E-state index contributed by atoms with van der Waals surface area (Å²) in [6, 6.07) is 13.2. The molecule has 0 radical (unpaired) electrons. The fourth-order valence-corrected chi connectivity index (χ4v) is 1.83. The molecule has 2 rings (SSSR count). The SMILES string of the molecule is NNc1ccc(C(=O)NCCc2cccc(F)c2)cc1. The maximum atomic E-state index is 13.0. The Morgan fingerprint density at radius 1 is 1.15 bits per heavy atom. The Labute approximate surface area is 116 Å². The lowest BCUT2D eigenvalue weighted by atomic mass is 10.1. The quantitative estimate of drug-likeness (QED) is 0.577. The topological polar surface area (TPSA) is 67.1 Å². The number of carbonyl (C=O) groups excluding carboxylic acids is 1. The first-order chi connectivity index (χ1) is 9.69. The number of rotatable bonds is 5. The molecule has 0 spiro atoms. The highest BCUT2D eigenvalue weighted by molar-refractivity contribution is 5.94. The summed E-state index contributed by atoms with van der Waals surface area (Å²) in [5.74, 6) is 4.82. The molecular formula is C15H16FN3O. The Balaban J connectivity index is 1.85. The van der Waals surface area contributed by atoms with Gasteiger partial charge < -0.3 is 10.7 Å². The molecule has 5 heteroatoms. The van der Waals surface area contributed by atoms with Gasteiger partial charge in [-0.2, -0.15) is 0 Å². The number of anilines is 1. The largest absolute Gasteiger partial charge is 0.352 e. The predicted molar refractivity (Wildman–Crippen MR) is 76.7 cm³/mol. The highest BCUT2D eigenvalue weighted by Crippen LogP contribution is 2.08. The first-order valence-corrected chi connectivity index (χ1v) is 6.28. The smallest absolute Gasteiger partial charge is 0.251 e. The van der Waals surface area contributed by atoms with E-state index in [0.29, 0.717) is 18.5 Å². The van der Waals surface area contributed by atoms with Crippen LogP contribution < -0.4 is 16.6 Å². The monoisotopic (exact) mass is 273 g/mol. The minimum absolute atomic E-state index is 0.162. The summed E-state index contributed by atoms with van der Waals surface area (Å²) in [4.78, 5) is 11.9. The van der Waals surface area contributed by atoms with Gasteiger partial charge in [0.25, 0.3) is 5.91 Å². The van der Waals surface area contributed by atoms with Gasteiger partial charge in [-0.25, -0.2) is 4.39 Å². The summed E-state index contributed by atoms with van der Waals surface area (Å²) >= 11 is 0. The molecule has 0 bridgehead atoms. The van der Waals surface area contributed by atoms with Gasteiger partial charge in [-0.15, -0.1) is 0 Å². The van der Waals surface area contributed by atoms with E-state index in [1.54, 1.807) is 30.3 Å². The van der Waals surface area contributed by atoms with Crippen LogP contribution in [-0.4, -0.2) is 12.5 Å². The fraction of sp³-hybridized carbons (Fsp3) is 0.133. The van der Waals surface area contributed by atoms with Crippen LogP contribution in [0.1, 0.15) is 15.9 Å². The molecule has 0 aliphatic rings. The second-order valence-electron chi connectivity index (χ2n) is 4.36. The van der Waals surface area contributed by atoms with E-state index in [4.69, 9.17) is 5.84 Å². The first kappa shape index (κ1) is 14.0. The maximum Gasteiger partial charge on any atom is 0.251 e. The lowest BCUT2D eigenvalue weighted by Gasteiger charge is -2.06. The van der Waals surface area contributed by atoms with Crippen molar-refractivity contribution in [3.05, 3.63) is 65.5 Å². The van der Waals surface area contributed by atoms with Gasteiger partial charge >= 0.3 is 0 Å². The summed E-state index contributed by atoms with van der Waals surface area (Å²) in [5, 5.41) is 2.79. The number of carbonyl (C=O) groups is 1. The normalized spacial score (nSPS) is 10.1. The Bertz CT molecular complexity index is 584. The van der Waals surface area contributed by atoms with Gasteiger partial charge in [0, 0.05) is 17.8 Å². The van der Waals surface area contributed by atoms with E-state index in [1.165, 1.54) is 12.1 Å².